The molecule has 0 spiro atoms. The molecular weight excluding hydrogens is 236 g/mol. The summed E-state index contributed by atoms with van der Waals surface area (Å²) in [7, 11) is 1.70. The summed E-state index contributed by atoms with van der Waals surface area (Å²) in [6, 6.07) is 4.13. The van der Waals surface area contributed by atoms with E-state index in [1.54, 1.807) is 7.11 Å². The van der Waals surface area contributed by atoms with Gasteiger partial charge < -0.3 is 9.84 Å². The summed E-state index contributed by atoms with van der Waals surface area (Å²) in [5.41, 5.74) is 3.33. The summed E-state index contributed by atoms with van der Waals surface area (Å²) in [4.78, 5) is 0. The third-order valence-corrected chi connectivity index (χ3v) is 4.58. The van der Waals surface area contributed by atoms with Gasteiger partial charge in [0.2, 0.25) is 0 Å². The van der Waals surface area contributed by atoms with E-state index < -0.39 is 0 Å². The normalized spacial score (nSPS) is 18.9. The lowest BCUT2D eigenvalue weighted by Crippen LogP contribution is -2.13. The third kappa shape index (κ3) is 3.11. The minimum Gasteiger partial charge on any atom is -0.496 e. The monoisotopic (exact) mass is 262 g/mol. The molecule has 2 nitrogen and oxygen atoms in total. The van der Waals surface area contributed by atoms with Crippen LogP contribution in [0.5, 0.6) is 5.75 Å². The maximum Gasteiger partial charge on any atom is 0.127 e. The fraction of sp³-hybridized carbons (Fsp3) is 0.647. The van der Waals surface area contributed by atoms with Crippen molar-refractivity contribution in [3.05, 3.63) is 28.8 Å². The van der Waals surface area contributed by atoms with Gasteiger partial charge in [-0.3, -0.25) is 0 Å². The highest BCUT2D eigenvalue weighted by molar-refractivity contribution is 5.46. The van der Waals surface area contributed by atoms with Gasteiger partial charge in [0.15, 0.2) is 0 Å². The van der Waals surface area contributed by atoms with Gasteiger partial charge in [-0.15, -0.1) is 0 Å². The number of rotatable bonds is 3. The number of hydrogen-bond donors (Lipinski definition) is 1. The SMILES string of the molecule is COc1c(C(O)C2CCCCCC2)ccc(C)c1C. The Labute approximate surface area is 116 Å². The van der Waals surface area contributed by atoms with E-state index in [2.05, 4.69) is 19.9 Å². The summed E-state index contributed by atoms with van der Waals surface area (Å²) >= 11 is 0. The maximum atomic E-state index is 10.7. The molecule has 106 valence electrons. The number of hydrogen-bond acceptors (Lipinski definition) is 2. The molecule has 2 heteroatoms. The molecule has 19 heavy (non-hydrogen) atoms. The first-order valence-electron chi connectivity index (χ1n) is 7.47. The van der Waals surface area contributed by atoms with Crippen molar-refractivity contribution in [1.29, 1.82) is 0 Å². The highest BCUT2D eigenvalue weighted by atomic mass is 16.5. The largest absolute Gasteiger partial charge is 0.496 e. The Hall–Kier alpha value is -1.02. The molecule has 2 rings (SSSR count). The molecule has 1 fully saturated rings. The van der Waals surface area contributed by atoms with Crippen LogP contribution in [0.2, 0.25) is 0 Å². The fourth-order valence-corrected chi connectivity index (χ4v) is 3.20. The number of benzene rings is 1. The van der Waals surface area contributed by atoms with Gasteiger partial charge in [-0.05, 0) is 43.7 Å². The lowest BCUT2D eigenvalue weighted by Gasteiger charge is -2.24. The zero-order valence-corrected chi connectivity index (χ0v) is 12.4. The predicted octanol–water partition coefficient (Wildman–Crippen LogP) is 4.32. The van der Waals surface area contributed by atoms with Crippen molar-refractivity contribution in [3.63, 3.8) is 0 Å². The second-order valence-electron chi connectivity index (χ2n) is 5.83. The van der Waals surface area contributed by atoms with Crippen LogP contribution in [-0.2, 0) is 0 Å². The lowest BCUT2D eigenvalue weighted by molar-refractivity contribution is 0.0960. The second kappa shape index (κ2) is 6.42. The van der Waals surface area contributed by atoms with Crippen LogP contribution in [0.3, 0.4) is 0 Å². The smallest absolute Gasteiger partial charge is 0.127 e. The van der Waals surface area contributed by atoms with E-state index in [1.807, 2.05) is 6.07 Å². The number of ether oxygens (including phenoxy) is 1. The van der Waals surface area contributed by atoms with Crippen LogP contribution in [0, 0.1) is 19.8 Å². The molecule has 0 radical (unpaired) electrons. The summed E-state index contributed by atoms with van der Waals surface area (Å²) in [5.74, 6) is 1.26. The number of aliphatic hydroxyl groups is 1. The molecule has 0 aliphatic heterocycles. The van der Waals surface area contributed by atoms with E-state index >= 15 is 0 Å². The maximum absolute atomic E-state index is 10.7. The van der Waals surface area contributed by atoms with E-state index in [-0.39, 0.29) is 6.10 Å². The molecule has 1 saturated carbocycles. The van der Waals surface area contributed by atoms with Crippen LogP contribution in [0.4, 0.5) is 0 Å². The molecule has 0 amide bonds. The molecule has 1 aliphatic rings. The van der Waals surface area contributed by atoms with E-state index in [9.17, 15) is 5.11 Å². The molecule has 1 atom stereocenters. The Morgan fingerprint density at radius 3 is 2.32 bits per heavy atom. The van der Waals surface area contributed by atoms with E-state index in [4.69, 9.17) is 4.74 Å². The zero-order chi connectivity index (χ0) is 13.8. The second-order valence-corrected chi connectivity index (χ2v) is 5.83. The molecule has 0 saturated heterocycles. The number of aliphatic hydroxyl groups excluding tert-OH is 1. The van der Waals surface area contributed by atoms with Crippen molar-refractivity contribution in [2.75, 3.05) is 7.11 Å². The molecule has 1 aromatic carbocycles. The molecule has 1 aromatic rings. The van der Waals surface area contributed by atoms with Crippen molar-refractivity contribution in [1.82, 2.24) is 0 Å². The minimum atomic E-state index is -0.382. The van der Waals surface area contributed by atoms with Gasteiger partial charge in [-0.2, -0.15) is 0 Å². The van der Waals surface area contributed by atoms with Crippen LogP contribution in [0.1, 0.15) is 61.3 Å². The fourth-order valence-electron chi connectivity index (χ4n) is 3.20. The predicted molar refractivity (Wildman–Crippen MR) is 78.6 cm³/mol. The van der Waals surface area contributed by atoms with Crippen molar-refractivity contribution in [3.8, 4) is 5.75 Å². The van der Waals surface area contributed by atoms with E-state index in [0.29, 0.717) is 5.92 Å². The van der Waals surface area contributed by atoms with Crippen molar-refractivity contribution in [2.24, 2.45) is 5.92 Å². The molecular formula is C17H26O2. The van der Waals surface area contributed by atoms with Crippen LogP contribution in [0.15, 0.2) is 12.1 Å². The first-order valence-corrected chi connectivity index (χ1v) is 7.47. The van der Waals surface area contributed by atoms with Crippen molar-refractivity contribution < 1.29 is 9.84 Å². The first-order chi connectivity index (χ1) is 9.15. The number of aryl methyl sites for hydroxylation is 1. The van der Waals surface area contributed by atoms with Gasteiger partial charge in [-0.1, -0.05) is 37.8 Å². The van der Waals surface area contributed by atoms with Gasteiger partial charge >= 0.3 is 0 Å². The Morgan fingerprint density at radius 2 is 1.74 bits per heavy atom. The van der Waals surface area contributed by atoms with Crippen LogP contribution < -0.4 is 4.74 Å². The van der Waals surface area contributed by atoms with Gasteiger partial charge in [0, 0.05) is 5.56 Å². The Morgan fingerprint density at radius 1 is 1.11 bits per heavy atom. The van der Waals surface area contributed by atoms with Gasteiger partial charge in [0.1, 0.15) is 5.75 Å². The summed E-state index contributed by atoms with van der Waals surface area (Å²) in [6.45, 7) is 4.15. The molecule has 0 aromatic heterocycles. The highest BCUT2D eigenvalue weighted by Gasteiger charge is 2.25. The quantitative estimate of drug-likeness (QED) is 0.822. The average molecular weight is 262 g/mol. The van der Waals surface area contributed by atoms with Crippen LogP contribution in [-0.4, -0.2) is 12.2 Å². The average Bonchev–Trinajstić information content (AvgIpc) is 2.70. The van der Waals surface area contributed by atoms with Crippen molar-refractivity contribution >= 4 is 0 Å². The van der Waals surface area contributed by atoms with Gasteiger partial charge in [0.25, 0.3) is 0 Å². The summed E-state index contributed by atoms with van der Waals surface area (Å²) < 4.78 is 5.54. The first kappa shape index (κ1) is 14.4. The molecule has 0 heterocycles. The van der Waals surface area contributed by atoms with E-state index in [0.717, 1.165) is 29.7 Å². The number of methoxy groups -OCH3 is 1. The minimum absolute atomic E-state index is 0.382. The Kier molecular flexibility index (Phi) is 4.87. The van der Waals surface area contributed by atoms with Crippen molar-refractivity contribution in [2.45, 2.75) is 58.5 Å². The molecule has 1 N–H and O–H groups in total. The van der Waals surface area contributed by atoms with Crippen LogP contribution >= 0.6 is 0 Å². The van der Waals surface area contributed by atoms with Gasteiger partial charge in [0.05, 0.1) is 13.2 Å². The lowest BCUT2D eigenvalue weighted by atomic mass is 9.87. The van der Waals surface area contributed by atoms with Crippen LogP contribution in [0.25, 0.3) is 0 Å². The molecule has 1 aliphatic carbocycles. The highest BCUT2D eigenvalue weighted by Crippen LogP contribution is 2.39. The summed E-state index contributed by atoms with van der Waals surface area (Å²) in [5, 5.41) is 10.7. The van der Waals surface area contributed by atoms with Gasteiger partial charge in [-0.25, -0.2) is 0 Å². The zero-order valence-electron chi connectivity index (χ0n) is 12.4. The third-order valence-electron chi connectivity index (χ3n) is 4.58. The molecule has 1 unspecified atom stereocenters. The Bertz CT molecular complexity index is 418. The standard InChI is InChI=1S/C17H26O2/c1-12-10-11-15(17(19-3)13(12)2)16(18)14-8-6-4-5-7-9-14/h10-11,14,16,18H,4-9H2,1-3H3. The van der Waals surface area contributed by atoms with E-state index in [1.165, 1.54) is 31.2 Å². The Balaban J connectivity index is 2.27. The molecule has 0 bridgehead atoms. The topological polar surface area (TPSA) is 29.5 Å². The summed E-state index contributed by atoms with van der Waals surface area (Å²) in [6.07, 6.45) is 7.01.